The van der Waals surface area contributed by atoms with E-state index in [2.05, 4.69) is 20.7 Å². The highest BCUT2D eigenvalue weighted by atomic mass is 19.1. The number of amides is 2. The van der Waals surface area contributed by atoms with E-state index < -0.39 is 18.0 Å². The summed E-state index contributed by atoms with van der Waals surface area (Å²) in [5.74, 6) is -0.251. The molecule has 0 saturated heterocycles. The largest absolute Gasteiger partial charge is 0.386 e. The van der Waals surface area contributed by atoms with E-state index in [0.29, 0.717) is 0 Å². The van der Waals surface area contributed by atoms with Crippen molar-refractivity contribution >= 4 is 12.0 Å². The van der Waals surface area contributed by atoms with Crippen LogP contribution in [0, 0.1) is 5.82 Å². The molecule has 0 aliphatic rings. The summed E-state index contributed by atoms with van der Waals surface area (Å²) < 4.78 is 14.8. The van der Waals surface area contributed by atoms with Crippen LogP contribution in [0.5, 0.6) is 0 Å². The van der Waals surface area contributed by atoms with Crippen molar-refractivity contribution in [1.29, 1.82) is 0 Å². The number of nitrogens with zero attached hydrogens (tertiary/aromatic N) is 3. The molecule has 0 fully saturated rings. The van der Waals surface area contributed by atoms with E-state index in [1.807, 2.05) is 0 Å². The van der Waals surface area contributed by atoms with E-state index >= 15 is 0 Å². The Morgan fingerprint density at radius 2 is 2.25 bits per heavy atom. The summed E-state index contributed by atoms with van der Waals surface area (Å²) >= 11 is 0. The molecule has 20 heavy (non-hydrogen) atoms. The average molecular weight is 279 g/mol. The third-order valence-corrected chi connectivity index (χ3v) is 2.66. The van der Waals surface area contributed by atoms with Gasteiger partial charge in [-0.25, -0.2) is 13.9 Å². The molecule has 0 bridgehead atoms. The zero-order chi connectivity index (χ0) is 14.5. The van der Waals surface area contributed by atoms with Crippen molar-refractivity contribution in [2.24, 2.45) is 7.05 Å². The molecule has 1 aromatic heterocycles. The van der Waals surface area contributed by atoms with Crippen LogP contribution in [0.15, 0.2) is 30.6 Å². The second-order valence-electron chi connectivity index (χ2n) is 4.08. The van der Waals surface area contributed by atoms with Crippen LogP contribution in [0.1, 0.15) is 11.7 Å². The Bertz CT molecular complexity index is 601. The minimum atomic E-state index is -1.12. The fourth-order valence-electron chi connectivity index (χ4n) is 1.60. The van der Waals surface area contributed by atoms with Crippen molar-refractivity contribution in [3.63, 3.8) is 0 Å². The third kappa shape index (κ3) is 3.29. The second-order valence-corrected chi connectivity index (χ2v) is 4.08. The summed E-state index contributed by atoms with van der Waals surface area (Å²) in [6.07, 6.45) is 0.172. The van der Waals surface area contributed by atoms with E-state index in [0.717, 1.165) is 0 Å². The number of benzene rings is 1. The van der Waals surface area contributed by atoms with E-state index in [4.69, 9.17) is 0 Å². The molecule has 0 radical (unpaired) electrons. The van der Waals surface area contributed by atoms with Crippen molar-refractivity contribution in [3.05, 3.63) is 42.0 Å². The van der Waals surface area contributed by atoms with Crippen molar-refractivity contribution in [1.82, 2.24) is 20.1 Å². The molecule has 2 aromatic rings. The van der Waals surface area contributed by atoms with Crippen molar-refractivity contribution in [2.75, 3.05) is 11.9 Å². The highest BCUT2D eigenvalue weighted by Crippen LogP contribution is 2.15. The summed E-state index contributed by atoms with van der Waals surface area (Å²) in [5, 5.41) is 18.5. The molecule has 8 heteroatoms. The van der Waals surface area contributed by atoms with Gasteiger partial charge in [0, 0.05) is 19.2 Å². The van der Waals surface area contributed by atoms with Gasteiger partial charge in [0.1, 0.15) is 12.1 Å². The maximum atomic E-state index is 13.4. The number of aliphatic hydroxyl groups excluding tert-OH is 1. The van der Waals surface area contributed by atoms with Crippen LogP contribution < -0.4 is 10.6 Å². The molecule has 0 aliphatic carbocycles. The molecule has 0 aliphatic heterocycles. The van der Waals surface area contributed by atoms with Crippen LogP contribution in [0.25, 0.3) is 0 Å². The Hall–Kier alpha value is -2.48. The van der Waals surface area contributed by atoms with Gasteiger partial charge in [-0.1, -0.05) is 18.2 Å². The number of carbonyl (C=O) groups excluding carboxylic acids is 1. The Morgan fingerprint density at radius 3 is 2.90 bits per heavy atom. The van der Waals surface area contributed by atoms with Crippen LogP contribution in [0.4, 0.5) is 15.1 Å². The Morgan fingerprint density at radius 1 is 1.50 bits per heavy atom. The van der Waals surface area contributed by atoms with E-state index in [9.17, 15) is 14.3 Å². The summed E-state index contributed by atoms with van der Waals surface area (Å²) in [6, 6.07) is 5.29. The van der Waals surface area contributed by atoms with Crippen LogP contribution in [0.2, 0.25) is 0 Å². The molecule has 1 unspecified atom stereocenters. The molecule has 2 rings (SSSR count). The van der Waals surface area contributed by atoms with Crippen molar-refractivity contribution in [3.8, 4) is 0 Å². The molecule has 106 valence electrons. The maximum Gasteiger partial charge on any atom is 0.321 e. The summed E-state index contributed by atoms with van der Waals surface area (Å²) in [5.41, 5.74) is 0.131. The fourth-order valence-corrected chi connectivity index (χ4v) is 1.60. The van der Waals surface area contributed by atoms with Crippen LogP contribution in [0.3, 0.4) is 0 Å². The lowest BCUT2D eigenvalue weighted by Gasteiger charge is -2.13. The summed E-state index contributed by atoms with van der Waals surface area (Å²) in [4.78, 5) is 15.4. The third-order valence-electron chi connectivity index (χ3n) is 2.66. The predicted molar refractivity (Wildman–Crippen MR) is 69.4 cm³/mol. The normalized spacial score (nSPS) is 11.9. The first-order chi connectivity index (χ1) is 9.58. The molecule has 0 saturated carbocycles. The lowest BCUT2D eigenvalue weighted by Crippen LogP contribution is -2.33. The van der Waals surface area contributed by atoms with Gasteiger partial charge in [0.25, 0.3) is 0 Å². The molecule has 1 atom stereocenters. The lowest BCUT2D eigenvalue weighted by atomic mass is 10.1. The van der Waals surface area contributed by atoms with Gasteiger partial charge < -0.3 is 10.4 Å². The number of nitrogens with one attached hydrogen (secondary N) is 2. The molecule has 1 heterocycles. The minimum Gasteiger partial charge on any atom is -0.386 e. The quantitative estimate of drug-likeness (QED) is 0.772. The monoisotopic (exact) mass is 279 g/mol. The number of halogens is 1. The highest BCUT2D eigenvalue weighted by molar-refractivity contribution is 5.87. The van der Waals surface area contributed by atoms with Crippen LogP contribution in [-0.4, -0.2) is 32.4 Å². The Kier molecular flexibility index (Phi) is 4.26. The van der Waals surface area contributed by atoms with Gasteiger partial charge in [0.05, 0.1) is 6.10 Å². The first-order valence-corrected chi connectivity index (χ1v) is 5.89. The molecule has 2 amide bonds. The average Bonchev–Trinajstić information content (AvgIpc) is 2.82. The van der Waals surface area contributed by atoms with Crippen molar-refractivity contribution < 1.29 is 14.3 Å². The summed E-state index contributed by atoms with van der Waals surface area (Å²) in [7, 11) is 1.62. The number of aliphatic hydroxyl groups is 1. The van der Waals surface area contributed by atoms with Gasteiger partial charge >= 0.3 is 6.03 Å². The number of hydrogen-bond donors (Lipinski definition) is 3. The van der Waals surface area contributed by atoms with E-state index in [1.165, 1.54) is 29.2 Å². The van der Waals surface area contributed by atoms with Gasteiger partial charge in [-0.3, -0.25) is 5.32 Å². The van der Waals surface area contributed by atoms with Gasteiger partial charge in [-0.15, -0.1) is 0 Å². The highest BCUT2D eigenvalue weighted by Gasteiger charge is 2.14. The van der Waals surface area contributed by atoms with Gasteiger partial charge in [0.2, 0.25) is 5.95 Å². The van der Waals surface area contributed by atoms with Crippen molar-refractivity contribution in [2.45, 2.75) is 6.10 Å². The second kappa shape index (κ2) is 6.11. The minimum absolute atomic E-state index is 0.120. The standard InChI is InChI=1S/C12H14FN5O2/c1-18-11(15-7-16-18)17-12(20)14-6-10(19)8-4-2-3-5-9(8)13/h2-5,7,10,19H,6H2,1H3,(H2,14,15,16,17,20). The molecular formula is C12H14FN5O2. The summed E-state index contributed by atoms with van der Waals surface area (Å²) in [6.45, 7) is -0.120. The van der Waals surface area contributed by atoms with Crippen LogP contribution in [-0.2, 0) is 7.05 Å². The molecule has 0 spiro atoms. The number of carbonyl (C=O) groups is 1. The topological polar surface area (TPSA) is 92.1 Å². The SMILES string of the molecule is Cn1ncnc1NC(=O)NCC(O)c1ccccc1F. The molecule has 1 aromatic carbocycles. The first kappa shape index (κ1) is 13.9. The Balaban J connectivity index is 1.87. The van der Waals surface area contributed by atoms with Gasteiger partial charge in [0.15, 0.2) is 0 Å². The lowest BCUT2D eigenvalue weighted by molar-refractivity contribution is 0.170. The predicted octanol–water partition coefficient (Wildman–Crippen LogP) is 0.809. The molecule has 7 nitrogen and oxygen atoms in total. The zero-order valence-electron chi connectivity index (χ0n) is 10.7. The number of hydrogen-bond acceptors (Lipinski definition) is 4. The van der Waals surface area contributed by atoms with Crippen LogP contribution >= 0.6 is 0 Å². The van der Waals surface area contributed by atoms with E-state index in [-0.39, 0.29) is 18.1 Å². The Labute approximate surface area is 114 Å². The number of aryl methyl sites for hydroxylation is 1. The maximum absolute atomic E-state index is 13.4. The number of rotatable bonds is 4. The number of urea groups is 1. The van der Waals surface area contributed by atoms with E-state index in [1.54, 1.807) is 13.1 Å². The van der Waals surface area contributed by atoms with Gasteiger partial charge in [-0.2, -0.15) is 10.1 Å². The number of anilines is 1. The molecule has 3 N–H and O–H groups in total. The molecular weight excluding hydrogens is 265 g/mol. The number of aromatic nitrogens is 3. The smallest absolute Gasteiger partial charge is 0.321 e. The zero-order valence-corrected chi connectivity index (χ0v) is 10.7. The van der Waals surface area contributed by atoms with Gasteiger partial charge in [-0.05, 0) is 6.07 Å². The fraction of sp³-hybridized carbons (Fsp3) is 0.250. The first-order valence-electron chi connectivity index (χ1n) is 5.89.